The SMILES string of the molecule is CC(N)CCCC(C)c1nc(N2CCOCC2)no1. The summed E-state index contributed by atoms with van der Waals surface area (Å²) in [6, 6.07) is 0.263. The van der Waals surface area contributed by atoms with Gasteiger partial charge in [-0.15, -0.1) is 0 Å². The molecule has 1 fully saturated rings. The lowest BCUT2D eigenvalue weighted by Gasteiger charge is -2.24. The molecule has 0 aromatic carbocycles. The number of aromatic nitrogens is 2. The normalized spacial score (nSPS) is 19.4. The van der Waals surface area contributed by atoms with Gasteiger partial charge in [-0.25, -0.2) is 0 Å². The summed E-state index contributed by atoms with van der Waals surface area (Å²) in [4.78, 5) is 6.60. The molecule has 2 N–H and O–H groups in total. The Labute approximate surface area is 114 Å². The molecule has 1 aromatic rings. The van der Waals surface area contributed by atoms with Crippen molar-refractivity contribution < 1.29 is 9.26 Å². The van der Waals surface area contributed by atoms with Crippen LogP contribution in [0.2, 0.25) is 0 Å². The van der Waals surface area contributed by atoms with E-state index in [-0.39, 0.29) is 6.04 Å². The molecule has 0 bridgehead atoms. The minimum absolute atomic E-state index is 0.263. The number of ether oxygens (including phenoxy) is 1. The first kappa shape index (κ1) is 14.3. The van der Waals surface area contributed by atoms with E-state index in [0.29, 0.717) is 11.9 Å². The van der Waals surface area contributed by atoms with E-state index in [1.807, 2.05) is 6.92 Å². The van der Waals surface area contributed by atoms with Crippen molar-refractivity contribution in [2.24, 2.45) is 5.73 Å². The van der Waals surface area contributed by atoms with Gasteiger partial charge in [0.2, 0.25) is 5.89 Å². The highest BCUT2D eigenvalue weighted by atomic mass is 16.5. The van der Waals surface area contributed by atoms with Gasteiger partial charge in [-0.2, -0.15) is 4.98 Å². The van der Waals surface area contributed by atoms with Crippen LogP contribution in [0.25, 0.3) is 0 Å². The van der Waals surface area contributed by atoms with Gasteiger partial charge in [0, 0.05) is 25.0 Å². The molecule has 1 aliphatic heterocycles. The number of nitrogens with zero attached hydrogens (tertiary/aromatic N) is 3. The maximum absolute atomic E-state index is 5.75. The topological polar surface area (TPSA) is 77.4 Å². The molecule has 2 heterocycles. The van der Waals surface area contributed by atoms with Crippen LogP contribution in [0.3, 0.4) is 0 Å². The van der Waals surface area contributed by atoms with E-state index >= 15 is 0 Å². The fraction of sp³-hybridized carbons (Fsp3) is 0.846. The lowest BCUT2D eigenvalue weighted by atomic mass is 10.0. The smallest absolute Gasteiger partial charge is 0.266 e. The Hall–Kier alpha value is -1.14. The van der Waals surface area contributed by atoms with Crippen LogP contribution in [0.5, 0.6) is 0 Å². The van der Waals surface area contributed by atoms with Crippen LogP contribution < -0.4 is 10.6 Å². The third-order valence-electron chi connectivity index (χ3n) is 3.44. The molecule has 0 amide bonds. The largest absolute Gasteiger partial charge is 0.378 e. The molecule has 19 heavy (non-hydrogen) atoms. The second kappa shape index (κ2) is 6.86. The molecule has 6 nitrogen and oxygen atoms in total. The minimum Gasteiger partial charge on any atom is -0.378 e. The second-order valence-electron chi connectivity index (χ2n) is 5.34. The van der Waals surface area contributed by atoms with E-state index in [9.17, 15) is 0 Å². The quantitative estimate of drug-likeness (QED) is 0.843. The molecule has 0 spiro atoms. The summed E-state index contributed by atoms with van der Waals surface area (Å²) >= 11 is 0. The zero-order chi connectivity index (χ0) is 13.7. The number of nitrogens with two attached hydrogens (primary N) is 1. The van der Waals surface area contributed by atoms with Crippen molar-refractivity contribution in [3.63, 3.8) is 0 Å². The molecule has 2 rings (SSSR count). The van der Waals surface area contributed by atoms with Crippen LogP contribution in [-0.2, 0) is 4.74 Å². The number of rotatable bonds is 6. The average molecular weight is 268 g/mol. The van der Waals surface area contributed by atoms with Gasteiger partial charge in [0.1, 0.15) is 0 Å². The van der Waals surface area contributed by atoms with Crippen LogP contribution in [0.4, 0.5) is 5.95 Å². The highest BCUT2D eigenvalue weighted by Gasteiger charge is 2.19. The molecular formula is C13H24N4O2. The molecule has 108 valence electrons. The van der Waals surface area contributed by atoms with E-state index in [0.717, 1.165) is 51.5 Å². The molecule has 0 aliphatic carbocycles. The summed E-state index contributed by atoms with van der Waals surface area (Å²) in [5.74, 6) is 1.71. The summed E-state index contributed by atoms with van der Waals surface area (Å²) in [7, 11) is 0. The minimum atomic E-state index is 0.263. The summed E-state index contributed by atoms with van der Waals surface area (Å²) in [6.07, 6.45) is 3.16. The molecular weight excluding hydrogens is 244 g/mol. The lowest BCUT2D eigenvalue weighted by molar-refractivity contribution is 0.121. The lowest BCUT2D eigenvalue weighted by Crippen LogP contribution is -2.36. The Morgan fingerprint density at radius 2 is 2.00 bits per heavy atom. The molecule has 2 unspecified atom stereocenters. The fourth-order valence-corrected chi connectivity index (χ4v) is 2.19. The molecule has 1 aromatic heterocycles. The fourth-order valence-electron chi connectivity index (χ4n) is 2.19. The predicted octanol–water partition coefficient (Wildman–Crippen LogP) is 1.53. The Morgan fingerprint density at radius 1 is 1.26 bits per heavy atom. The second-order valence-corrected chi connectivity index (χ2v) is 5.34. The summed E-state index contributed by atoms with van der Waals surface area (Å²) in [6.45, 7) is 7.28. The third-order valence-corrected chi connectivity index (χ3v) is 3.44. The zero-order valence-corrected chi connectivity index (χ0v) is 11.8. The van der Waals surface area contributed by atoms with Crippen LogP contribution in [0, 0.1) is 0 Å². The first-order valence-corrected chi connectivity index (χ1v) is 7.08. The highest BCUT2D eigenvalue weighted by molar-refractivity contribution is 5.28. The van der Waals surface area contributed by atoms with Crippen molar-refractivity contribution in [1.82, 2.24) is 10.1 Å². The van der Waals surface area contributed by atoms with Gasteiger partial charge in [0.15, 0.2) is 0 Å². The van der Waals surface area contributed by atoms with Gasteiger partial charge >= 0.3 is 0 Å². The van der Waals surface area contributed by atoms with E-state index in [2.05, 4.69) is 22.0 Å². The first-order chi connectivity index (χ1) is 9.16. The average Bonchev–Trinajstić information content (AvgIpc) is 2.89. The van der Waals surface area contributed by atoms with Crippen molar-refractivity contribution in [3.05, 3.63) is 5.89 Å². The Morgan fingerprint density at radius 3 is 2.68 bits per heavy atom. The maximum atomic E-state index is 5.75. The van der Waals surface area contributed by atoms with Gasteiger partial charge in [-0.1, -0.05) is 13.3 Å². The maximum Gasteiger partial charge on any atom is 0.266 e. The monoisotopic (exact) mass is 268 g/mol. The summed E-state index contributed by atoms with van der Waals surface area (Å²) in [5.41, 5.74) is 5.75. The van der Waals surface area contributed by atoms with E-state index in [1.165, 1.54) is 0 Å². The number of hydrogen-bond acceptors (Lipinski definition) is 6. The standard InChI is InChI=1S/C13H24N4O2/c1-10(4-3-5-11(2)14)12-15-13(16-19-12)17-6-8-18-9-7-17/h10-11H,3-9,14H2,1-2H3. The van der Waals surface area contributed by atoms with Crippen molar-refractivity contribution in [2.45, 2.75) is 45.1 Å². The summed E-state index contributed by atoms with van der Waals surface area (Å²) in [5, 5.41) is 4.06. The molecule has 2 atom stereocenters. The Bertz CT molecular complexity index is 374. The molecule has 1 saturated heterocycles. The van der Waals surface area contributed by atoms with Crippen molar-refractivity contribution >= 4 is 5.95 Å². The van der Waals surface area contributed by atoms with Gasteiger partial charge in [0.05, 0.1) is 13.2 Å². The number of hydrogen-bond donors (Lipinski definition) is 1. The first-order valence-electron chi connectivity index (χ1n) is 7.08. The van der Waals surface area contributed by atoms with Gasteiger partial charge in [-0.3, -0.25) is 0 Å². The highest BCUT2D eigenvalue weighted by Crippen LogP contribution is 2.22. The Balaban J connectivity index is 1.85. The van der Waals surface area contributed by atoms with Gasteiger partial charge in [-0.05, 0) is 24.9 Å². The van der Waals surface area contributed by atoms with Crippen molar-refractivity contribution in [2.75, 3.05) is 31.2 Å². The molecule has 0 radical (unpaired) electrons. The Kier molecular flexibility index (Phi) is 5.15. The molecule has 0 saturated carbocycles. The van der Waals surface area contributed by atoms with Gasteiger partial charge < -0.3 is 19.9 Å². The van der Waals surface area contributed by atoms with Crippen LogP contribution >= 0.6 is 0 Å². The summed E-state index contributed by atoms with van der Waals surface area (Å²) < 4.78 is 10.7. The zero-order valence-electron chi connectivity index (χ0n) is 11.8. The van der Waals surface area contributed by atoms with E-state index in [1.54, 1.807) is 0 Å². The van der Waals surface area contributed by atoms with E-state index < -0.39 is 0 Å². The van der Waals surface area contributed by atoms with Crippen LogP contribution in [0.15, 0.2) is 4.52 Å². The third kappa shape index (κ3) is 4.18. The van der Waals surface area contributed by atoms with Crippen molar-refractivity contribution in [3.8, 4) is 0 Å². The number of morpholine rings is 1. The van der Waals surface area contributed by atoms with Crippen LogP contribution in [-0.4, -0.2) is 42.5 Å². The molecule has 6 heteroatoms. The van der Waals surface area contributed by atoms with Gasteiger partial charge in [0.25, 0.3) is 5.95 Å². The van der Waals surface area contributed by atoms with Crippen LogP contribution in [0.1, 0.15) is 44.9 Å². The van der Waals surface area contributed by atoms with Crippen molar-refractivity contribution in [1.29, 1.82) is 0 Å². The molecule has 1 aliphatic rings. The predicted molar refractivity (Wildman–Crippen MR) is 73.2 cm³/mol. The van der Waals surface area contributed by atoms with E-state index in [4.69, 9.17) is 15.0 Å². The number of anilines is 1.